The first-order valence-electron chi connectivity index (χ1n) is 6.73. The van der Waals surface area contributed by atoms with Gasteiger partial charge in [-0.05, 0) is 33.8 Å². The quantitative estimate of drug-likeness (QED) is 0.863. The Morgan fingerprint density at radius 1 is 1.36 bits per heavy atom. The maximum atomic E-state index is 12.3. The van der Waals surface area contributed by atoms with Gasteiger partial charge in [0.1, 0.15) is 10.9 Å². The summed E-state index contributed by atoms with van der Waals surface area (Å²) < 4.78 is 6.29. The van der Waals surface area contributed by atoms with Crippen LogP contribution in [0.3, 0.4) is 0 Å². The molecule has 7 nitrogen and oxygen atoms in total. The fourth-order valence-electron chi connectivity index (χ4n) is 2.00. The zero-order chi connectivity index (χ0) is 16.4. The molecule has 1 atom stereocenters. The Kier molecular flexibility index (Phi) is 4.60. The first-order valence-corrected chi connectivity index (χ1v) is 7.55. The van der Waals surface area contributed by atoms with E-state index >= 15 is 0 Å². The number of carbonyl (C=O) groups excluding carboxylic acids is 2. The van der Waals surface area contributed by atoms with Gasteiger partial charge in [0.15, 0.2) is 0 Å². The lowest BCUT2D eigenvalue weighted by molar-refractivity contribution is -0.142. The predicted octanol–water partition coefficient (Wildman–Crippen LogP) is 1.55. The van der Waals surface area contributed by atoms with Crippen molar-refractivity contribution in [3.05, 3.63) is 28.0 Å². The summed E-state index contributed by atoms with van der Waals surface area (Å²) in [5.74, 6) is -0.838. The molecule has 0 aliphatic heterocycles. The molecule has 0 aliphatic carbocycles. The minimum Gasteiger partial charge on any atom is -0.467 e. The third-order valence-corrected chi connectivity index (χ3v) is 4.22. The largest absolute Gasteiger partial charge is 0.467 e. The average molecular weight is 322 g/mol. The lowest BCUT2D eigenvalue weighted by Crippen LogP contribution is -2.39. The van der Waals surface area contributed by atoms with Crippen LogP contribution in [0.2, 0.25) is 0 Å². The van der Waals surface area contributed by atoms with E-state index < -0.39 is 12.0 Å². The smallest absolute Gasteiger partial charge is 0.328 e. The van der Waals surface area contributed by atoms with Crippen molar-refractivity contribution in [3.8, 4) is 5.13 Å². The molecule has 22 heavy (non-hydrogen) atoms. The number of hydrogen-bond acceptors (Lipinski definition) is 6. The SMILES string of the molecule is COC(=O)[C@H](C)NC(=O)c1sc(-n2nc(C)cc2C)nc1C. The average Bonchev–Trinajstić information content (AvgIpc) is 3.00. The second-order valence-electron chi connectivity index (χ2n) is 4.97. The molecule has 0 spiro atoms. The van der Waals surface area contributed by atoms with Crippen LogP contribution in [0.4, 0.5) is 0 Å². The molecular weight excluding hydrogens is 304 g/mol. The Hall–Kier alpha value is -2.22. The fourth-order valence-corrected chi connectivity index (χ4v) is 2.99. The number of thiazole rings is 1. The second kappa shape index (κ2) is 6.27. The fraction of sp³-hybridized carbons (Fsp3) is 0.429. The summed E-state index contributed by atoms with van der Waals surface area (Å²) in [4.78, 5) is 28.5. The van der Waals surface area contributed by atoms with E-state index in [2.05, 4.69) is 20.1 Å². The number of ether oxygens (including phenoxy) is 1. The molecule has 2 aromatic rings. The highest BCUT2D eigenvalue weighted by atomic mass is 32.1. The van der Waals surface area contributed by atoms with E-state index in [4.69, 9.17) is 0 Å². The number of nitrogens with one attached hydrogen (secondary N) is 1. The minimum absolute atomic E-state index is 0.347. The van der Waals surface area contributed by atoms with Crippen molar-refractivity contribution >= 4 is 23.2 Å². The van der Waals surface area contributed by atoms with Crippen LogP contribution < -0.4 is 5.32 Å². The number of esters is 1. The number of rotatable bonds is 4. The zero-order valence-corrected chi connectivity index (χ0v) is 13.9. The number of amides is 1. The van der Waals surface area contributed by atoms with Gasteiger partial charge in [0, 0.05) is 5.69 Å². The van der Waals surface area contributed by atoms with E-state index in [1.807, 2.05) is 19.9 Å². The van der Waals surface area contributed by atoms with E-state index in [1.54, 1.807) is 18.5 Å². The topological polar surface area (TPSA) is 86.1 Å². The van der Waals surface area contributed by atoms with Gasteiger partial charge in [-0.3, -0.25) is 4.79 Å². The van der Waals surface area contributed by atoms with Crippen molar-refractivity contribution in [3.63, 3.8) is 0 Å². The highest BCUT2D eigenvalue weighted by Gasteiger charge is 2.22. The van der Waals surface area contributed by atoms with Gasteiger partial charge in [0.2, 0.25) is 5.13 Å². The summed E-state index contributed by atoms with van der Waals surface area (Å²) in [6, 6.07) is 1.23. The molecule has 0 aliphatic rings. The summed E-state index contributed by atoms with van der Waals surface area (Å²) in [5, 5.41) is 7.58. The number of aromatic nitrogens is 3. The number of nitrogens with zero attached hydrogens (tertiary/aromatic N) is 3. The second-order valence-corrected chi connectivity index (χ2v) is 5.95. The van der Waals surface area contributed by atoms with Crippen LogP contribution in [-0.4, -0.2) is 39.8 Å². The molecule has 0 radical (unpaired) electrons. The zero-order valence-electron chi connectivity index (χ0n) is 13.1. The number of carbonyl (C=O) groups is 2. The van der Waals surface area contributed by atoms with Crippen molar-refractivity contribution in [1.82, 2.24) is 20.1 Å². The van der Waals surface area contributed by atoms with Crippen molar-refractivity contribution in [1.29, 1.82) is 0 Å². The van der Waals surface area contributed by atoms with Crippen molar-refractivity contribution in [2.75, 3.05) is 7.11 Å². The highest BCUT2D eigenvalue weighted by Crippen LogP contribution is 2.22. The maximum absolute atomic E-state index is 12.3. The Bertz CT molecular complexity index is 720. The Morgan fingerprint density at radius 3 is 2.59 bits per heavy atom. The van der Waals surface area contributed by atoms with Gasteiger partial charge < -0.3 is 10.1 Å². The minimum atomic E-state index is -0.712. The summed E-state index contributed by atoms with van der Waals surface area (Å²) in [7, 11) is 1.28. The molecule has 2 heterocycles. The van der Waals surface area contributed by atoms with Gasteiger partial charge in [-0.1, -0.05) is 11.3 Å². The van der Waals surface area contributed by atoms with Crippen LogP contribution in [-0.2, 0) is 9.53 Å². The van der Waals surface area contributed by atoms with Gasteiger partial charge in [-0.25, -0.2) is 14.5 Å². The van der Waals surface area contributed by atoms with Gasteiger partial charge in [0.25, 0.3) is 5.91 Å². The summed E-state index contributed by atoms with van der Waals surface area (Å²) in [6.45, 7) is 7.15. The lowest BCUT2D eigenvalue weighted by Gasteiger charge is -2.10. The van der Waals surface area contributed by atoms with Gasteiger partial charge in [-0.15, -0.1) is 0 Å². The van der Waals surface area contributed by atoms with Crippen LogP contribution in [0, 0.1) is 20.8 Å². The van der Waals surface area contributed by atoms with E-state index in [9.17, 15) is 9.59 Å². The molecule has 0 fully saturated rings. The molecule has 0 saturated heterocycles. The Labute approximate surface area is 132 Å². The van der Waals surface area contributed by atoms with Crippen molar-refractivity contribution < 1.29 is 14.3 Å². The highest BCUT2D eigenvalue weighted by molar-refractivity contribution is 7.16. The molecule has 0 unspecified atom stereocenters. The standard InChI is InChI=1S/C14H18N4O3S/c1-7-6-8(2)18(17-7)14-16-9(3)11(22-14)12(19)15-10(4)13(20)21-5/h6,10H,1-5H3,(H,15,19)/t10-/m0/s1. The number of aryl methyl sites for hydroxylation is 3. The molecule has 2 rings (SSSR count). The molecule has 0 bridgehead atoms. The molecule has 1 N–H and O–H groups in total. The summed E-state index contributed by atoms with van der Waals surface area (Å²) >= 11 is 1.23. The molecule has 0 saturated carbocycles. The lowest BCUT2D eigenvalue weighted by atomic mass is 10.3. The van der Waals surface area contributed by atoms with Crippen LogP contribution in [0.5, 0.6) is 0 Å². The van der Waals surface area contributed by atoms with E-state index in [0.717, 1.165) is 11.4 Å². The molecule has 118 valence electrons. The molecular formula is C14H18N4O3S. The van der Waals surface area contributed by atoms with Gasteiger partial charge >= 0.3 is 5.97 Å². The van der Waals surface area contributed by atoms with Crippen LogP contribution in [0.15, 0.2) is 6.07 Å². The molecule has 0 aromatic carbocycles. The Balaban J connectivity index is 2.25. The Morgan fingerprint density at radius 2 is 2.05 bits per heavy atom. The molecule has 2 aromatic heterocycles. The third-order valence-electron chi connectivity index (χ3n) is 3.08. The first-order chi connectivity index (χ1) is 10.3. The van der Waals surface area contributed by atoms with Crippen molar-refractivity contribution in [2.45, 2.75) is 33.7 Å². The maximum Gasteiger partial charge on any atom is 0.328 e. The van der Waals surface area contributed by atoms with E-state index in [1.165, 1.54) is 18.4 Å². The first kappa shape index (κ1) is 16.2. The van der Waals surface area contributed by atoms with E-state index in [-0.39, 0.29) is 5.91 Å². The van der Waals surface area contributed by atoms with Crippen molar-refractivity contribution in [2.24, 2.45) is 0 Å². The van der Waals surface area contributed by atoms with Gasteiger partial charge in [0.05, 0.1) is 18.5 Å². The van der Waals surface area contributed by atoms with E-state index in [0.29, 0.717) is 15.7 Å². The predicted molar refractivity (Wildman–Crippen MR) is 82.4 cm³/mol. The number of hydrogen-bond donors (Lipinski definition) is 1. The molecule has 1 amide bonds. The normalized spacial score (nSPS) is 12.0. The number of methoxy groups -OCH3 is 1. The third kappa shape index (κ3) is 3.16. The van der Waals surface area contributed by atoms with Crippen LogP contribution >= 0.6 is 11.3 Å². The van der Waals surface area contributed by atoms with Gasteiger partial charge in [-0.2, -0.15) is 5.10 Å². The monoisotopic (exact) mass is 322 g/mol. The summed E-state index contributed by atoms with van der Waals surface area (Å²) in [5.41, 5.74) is 2.43. The summed E-state index contributed by atoms with van der Waals surface area (Å²) in [6.07, 6.45) is 0. The van der Waals surface area contributed by atoms with Crippen LogP contribution in [0.1, 0.15) is 33.7 Å². The van der Waals surface area contributed by atoms with Crippen LogP contribution in [0.25, 0.3) is 5.13 Å². The molecule has 8 heteroatoms.